The van der Waals surface area contributed by atoms with Crippen molar-refractivity contribution in [3.63, 3.8) is 0 Å². The minimum absolute atomic E-state index is 0.0386. The van der Waals surface area contributed by atoms with Crippen LogP contribution in [0.5, 0.6) is 0 Å². The lowest BCUT2D eigenvalue weighted by Crippen LogP contribution is -2.51. The Morgan fingerprint density at radius 3 is 2.53 bits per heavy atom. The van der Waals surface area contributed by atoms with Crippen molar-refractivity contribution in [3.05, 3.63) is 52.6 Å². The minimum atomic E-state index is -4.68. The van der Waals surface area contributed by atoms with Gasteiger partial charge in [-0.15, -0.1) is 0 Å². The fraction of sp³-hybridized carbons (Fsp3) is 0.600. The number of carbonyl (C=O) groups excluding carboxylic acids is 1. The number of methoxy groups -OCH3 is 1. The maximum Gasteiger partial charge on any atom is 0.457 e. The molecule has 4 aliphatic carbocycles. The number of alkyl halides is 3. The van der Waals surface area contributed by atoms with Crippen LogP contribution >= 0.6 is 0 Å². The number of oxime groups is 1. The summed E-state index contributed by atoms with van der Waals surface area (Å²) in [6.45, 7) is 3.87. The summed E-state index contributed by atoms with van der Waals surface area (Å²) in [5.74, 6) is 3.90. The number of ether oxygens (including phenoxy) is 1. The number of benzene rings is 1. The molecule has 5 atom stereocenters. The Morgan fingerprint density at radius 2 is 1.86 bits per heavy atom. The molecular formula is C35H41F3N2O3. The van der Waals surface area contributed by atoms with E-state index in [1.165, 1.54) is 54.7 Å². The number of anilines is 1. The normalized spacial score (nSPS) is 33.2. The average molecular weight is 595 g/mol. The van der Waals surface area contributed by atoms with Gasteiger partial charge in [0.05, 0.1) is 11.1 Å². The van der Waals surface area contributed by atoms with E-state index in [9.17, 15) is 23.2 Å². The number of halogens is 3. The predicted octanol–water partition coefficient (Wildman–Crippen LogP) is 7.61. The lowest BCUT2D eigenvalue weighted by atomic mass is 9.48. The van der Waals surface area contributed by atoms with Gasteiger partial charge in [0.25, 0.3) is 0 Å². The first-order valence-electron chi connectivity index (χ1n) is 15.7. The molecule has 1 aromatic carbocycles. The summed E-state index contributed by atoms with van der Waals surface area (Å²) < 4.78 is 45.9. The minimum Gasteiger partial charge on any atom is -0.411 e. The Balaban J connectivity index is 1.48. The van der Waals surface area contributed by atoms with E-state index in [0.29, 0.717) is 31.4 Å². The quantitative estimate of drug-likeness (QED) is 0.217. The zero-order chi connectivity index (χ0) is 30.4. The van der Waals surface area contributed by atoms with E-state index in [0.717, 1.165) is 37.9 Å². The second kappa shape index (κ2) is 11.5. The summed E-state index contributed by atoms with van der Waals surface area (Å²) in [6.07, 6.45) is 5.59. The summed E-state index contributed by atoms with van der Waals surface area (Å²) in [7, 11) is 1.41. The van der Waals surface area contributed by atoms with Crippen LogP contribution in [0, 0.1) is 34.5 Å². The molecule has 1 N–H and O–H groups in total. The van der Waals surface area contributed by atoms with Crippen LogP contribution in [0.2, 0.25) is 0 Å². The highest BCUT2D eigenvalue weighted by Crippen LogP contribution is 2.69. The van der Waals surface area contributed by atoms with Gasteiger partial charge in [0.15, 0.2) is 5.78 Å². The van der Waals surface area contributed by atoms with Gasteiger partial charge in [0.2, 0.25) is 0 Å². The zero-order valence-corrected chi connectivity index (χ0v) is 25.1. The summed E-state index contributed by atoms with van der Waals surface area (Å²) >= 11 is 0. The second-order valence-electron chi connectivity index (χ2n) is 13.3. The summed E-state index contributed by atoms with van der Waals surface area (Å²) in [6, 6.07) is 8.76. The summed E-state index contributed by atoms with van der Waals surface area (Å²) in [5, 5.41) is 13.0. The standard InChI is InChI=1S/C35H41F3N2O3/c1-33-21-29(23-6-10-26(11-7-23)40-18-4-3-5-19-40)32-27-13-9-25(39-42)20-24(27)8-12-28(32)30(33)14-15-34(33,31(41)22-43-2)16-17-35(36,37)38/h6-7,10-11,20,28-30,42H,3-5,8-9,12-15,18-19,21-22H2,1-2H3/t28-,29+,30-,33-,34-/m0/s1. The fourth-order valence-corrected chi connectivity index (χ4v) is 9.31. The van der Waals surface area contributed by atoms with E-state index in [1.807, 2.05) is 13.0 Å². The average Bonchev–Trinajstić information content (AvgIpc) is 3.32. The molecule has 43 heavy (non-hydrogen) atoms. The van der Waals surface area contributed by atoms with Crippen molar-refractivity contribution in [2.45, 2.75) is 83.2 Å². The first-order chi connectivity index (χ1) is 20.6. The molecule has 0 radical (unpaired) electrons. The number of Topliss-reactive ketones (excluding diaryl/α,β-unsaturated/α-hetero) is 1. The van der Waals surface area contributed by atoms with Crippen molar-refractivity contribution in [1.29, 1.82) is 0 Å². The molecule has 1 aromatic rings. The molecule has 6 rings (SSSR count). The van der Waals surface area contributed by atoms with E-state index in [1.54, 1.807) is 0 Å². The fourth-order valence-electron chi connectivity index (χ4n) is 9.31. The Bertz CT molecular complexity index is 1410. The Hall–Kier alpha value is -3.05. The van der Waals surface area contributed by atoms with Crippen LogP contribution < -0.4 is 4.90 Å². The number of nitrogens with zero attached hydrogens (tertiary/aromatic N) is 2. The molecule has 2 saturated carbocycles. The second-order valence-corrected chi connectivity index (χ2v) is 13.3. The third kappa shape index (κ3) is 5.22. The van der Waals surface area contributed by atoms with Gasteiger partial charge in [0.1, 0.15) is 6.61 Å². The van der Waals surface area contributed by atoms with Gasteiger partial charge in [-0.25, -0.2) is 0 Å². The van der Waals surface area contributed by atoms with E-state index in [-0.39, 0.29) is 30.1 Å². The molecule has 0 spiro atoms. The molecule has 0 unspecified atom stereocenters. The van der Waals surface area contributed by atoms with E-state index in [2.05, 4.69) is 40.2 Å². The molecule has 5 aliphatic rings. The zero-order valence-electron chi connectivity index (χ0n) is 25.1. The lowest BCUT2D eigenvalue weighted by Gasteiger charge is -2.54. The van der Waals surface area contributed by atoms with Crippen LogP contribution in [-0.2, 0) is 9.53 Å². The maximum atomic E-state index is 13.8. The Kier molecular flexibility index (Phi) is 8.00. The number of ketones is 1. The molecule has 230 valence electrons. The van der Waals surface area contributed by atoms with Gasteiger partial charge in [-0.3, -0.25) is 4.79 Å². The van der Waals surface area contributed by atoms with E-state index < -0.39 is 17.0 Å². The van der Waals surface area contributed by atoms with Gasteiger partial charge >= 0.3 is 6.18 Å². The Morgan fingerprint density at radius 1 is 1.12 bits per heavy atom. The molecule has 8 heteroatoms. The summed E-state index contributed by atoms with van der Waals surface area (Å²) in [5.41, 5.74) is 4.75. The molecule has 3 fully saturated rings. The van der Waals surface area contributed by atoms with Gasteiger partial charge in [0, 0.05) is 37.7 Å². The molecule has 0 aromatic heterocycles. The van der Waals surface area contributed by atoms with Gasteiger partial charge < -0.3 is 14.8 Å². The molecule has 0 bridgehead atoms. The molecule has 1 aliphatic heterocycles. The first kappa shape index (κ1) is 30.0. The number of allylic oxidation sites excluding steroid dienone is 4. The van der Waals surface area contributed by atoms with Crippen LogP contribution in [0.4, 0.5) is 18.9 Å². The number of carbonyl (C=O) groups is 1. The van der Waals surface area contributed by atoms with Gasteiger partial charge in [-0.05, 0) is 116 Å². The van der Waals surface area contributed by atoms with Gasteiger partial charge in [-0.1, -0.05) is 35.7 Å². The third-order valence-electron chi connectivity index (χ3n) is 11.3. The largest absolute Gasteiger partial charge is 0.457 e. The number of piperidine rings is 1. The van der Waals surface area contributed by atoms with E-state index >= 15 is 0 Å². The van der Waals surface area contributed by atoms with Crippen LogP contribution in [0.1, 0.15) is 82.6 Å². The van der Waals surface area contributed by atoms with E-state index in [4.69, 9.17) is 4.74 Å². The van der Waals surface area contributed by atoms with Crippen LogP contribution in [0.15, 0.2) is 52.2 Å². The molecule has 1 heterocycles. The molecule has 0 amide bonds. The topological polar surface area (TPSA) is 62.1 Å². The van der Waals surface area contributed by atoms with Crippen LogP contribution in [-0.4, -0.2) is 49.7 Å². The van der Waals surface area contributed by atoms with Crippen molar-refractivity contribution in [2.75, 3.05) is 31.7 Å². The molecule has 1 saturated heterocycles. The number of hydrogen-bond acceptors (Lipinski definition) is 5. The number of hydrogen-bond donors (Lipinski definition) is 1. The molecule has 5 nitrogen and oxygen atoms in total. The number of rotatable bonds is 5. The SMILES string of the molecule is COCC(=O)[C@@]1(C#CC(F)(F)F)CC[C@H]2[C@@H]3CCC4=CC(=NO)CCC4=C3[C@@H](c3ccc(N4CCCCC4)cc3)C[C@@]21C. The maximum absolute atomic E-state index is 13.8. The highest BCUT2D eigenvalue weighted by Gasteiger charge is 2.65. The van der Waals surface area contributed by atoms with Crippen LogP contribution in [0.25, 0.3) is 0 Å². The smallest absolute Gasteiger partial charge is 0.411 e. The first-order valence-corrected chi connectivity index (χ1v) is 15.7. The lowest BCUT2D eigenvalue weighted by molar-refractivity contribution is -0.136. The third-order valence-corrected chi connectivity index (χ3v) is 11.3. The highest BCUT2D eigenvalue weighted by molar-refractivity contribution is 5.97. The van der Waals surface area contributed by atoms with Crippen molar-refractivity contribution in [2.24, 2.45) is 27.8 Å². The summed E-state index contributed by atoms with van der Waals surface area (Å²) in [4.78, 5) is 16.2. The van der Waals surface area contributed by atoms with Crippen molar-refractivity contribution in [1.82, 2.24) is 0 Å². The highest BCUT2D eigenvalue weighted by atomic mass is 19.4. The monoisotopic (exact) mass is 594 g/mol. The number of fused-ring (bicyclic) bond motifs is 4. The molecular weight excluding hydrogens is 553 g/mol. The van der Waals surface area contributed by atoms with Crippen LogP contribution in [0.3, 0.4) is 0 Å². The van der Waals surface area contributed by atoms with Gasteiger partial charge in [-0.2, -0.15) is 13.2 Å². The predicted molar refractivity (Wildman–Crippen MR) is 160 cm³/mol. The van der Waals surface area contributed by atoms with Crippen molar-refractivity contribution < 1.29 is 27.9 Å². The van der Waals surface area contributed by atoms with Crippen molar-refractivity contribution in [3.8, 4) is 11.8 Å². The Labute approximate surface area is 252 Å². The van der Waals surface area contributed by atoms with Crippen molar-refractivity contribution >= 4 is 17.2 Å².